The Morgan fingerprint density at radius 2 is 2.10 bits per heavy atom. The Balaban J connectivity index is 2.99. The molecule has 0 aliphatic carbocycles. The normalized spacial score (nSPS) is 13.6. The van der Waals surface area contributed by atoms with Gasteiger partial charge in [0.15, 0.2) is 5.03 Å². The number of carboxylic acids is 1. The molecule has 1 atom stereocenters. The predicted molar refractivity (Wildman–Crippen MR) is 78.6 cm³/mol. The second-order valence-corrected chi connectivity index (χ2v) is 7.02. The molecule has 0 fully saturated rings. The summed E-state index contributed by atoms with van der Waals surface area (Å²) in [5.74, 6) is -0.461. The first kappa shape index (κ1) is 17.6. The molecule has 0 saturated heterocycles. The standard InChI is InChI=1S/C13H23N3O4S/c1-5-6-7-10(13(17)18)15-21(19,20)11-8-16(4)12(14-11)9(2)3/h8-10,15H,5-7H2,1-4H3,(H,17,18)/t10-/m0/s1. The lowest BCUT2D eigenvalue weighted by molar-refractivity contribution is -0.139. The Morgan fingerprint density at radius 1 is 1.48 bits per heavy atom. The van der Waals surface area contributed by atoms with Crippen molar-refractivity contribution in [3.63, 3.8) is 0 Å². The summed E-state index contributed by atoms with van der Waals surface area (Å²) >= 11 is 0. The van der Waals surface area contributed by atoms with Gasteiger partial charge in [0.1, 0.15) is 11.9 Å². The van der Waals surface area contributed by atoms with Crippen molar-refractivity contribution in [1.29, 1.82) is 0 Å². The maximum absolute atomic E-state index is 12.2. The van der Waals surface area contributed by atoms with E-state index in [1.807, 2.05) is 20.8 Å². The number of unbranched alkanes of at least 4 members (excludes halogenated alkanes) is 1. The van der Waals surface area contributed by atoms with E-state index in [-0.39, 0.29) is 17.4 Å². The number of aromatic nitrogens is 2. The minimum Gasteiger partial charge on any atom is -0.480 e. The fourth-order valence-electron chi connectivity index (χ4n) is 2.01. The van der Waals surface area contributed by atoms with Crippen molar-refractivity contribution >= 4 is 16.0 Å². The molecule has 1 aromatic rings. The summed E-state index contributed by atoms with van der Waals surface area (Å²) in [5, 5.41) is 8.96. The SMILES string of the molecule is CCCC[C@H](NS(=O)(=O)c1cn(C)c(C(C)C)n1)C(=O)O. The molecule has 0 aliphatic rings. The number of carbonyl (C=O) groups is 1. The fraction of sp³-hybridized carbons (Fsp3) is 0.692. The summed E-state index contributed by atoms with van der Waals surface area (Å²) in [6.07, 6.45) is 3.09. The molecule has 0 radical (unpaired) electrons. The molecule has 0 amide bonds. The summed E-state index contributed by atoms with van der Waals surface area (Å²) in [6.45, 7) is 5.74. The molecular formula is C13H23N3O4S. The minimum absolute atomic E-state index is 0.0781. The third-order valence-electron chi connectivity index (χ3n) is 3.12. The number of nitrogens with one attached hydrogen (secondary N) is 1. The number of nitrogens with zero attached hydrogens (tertiary/aromatic N) is 2. The third kappa shape index (κ3) is 4.53. The molecule has 0 bridgehead atoms. The summed E-state index contributed by atoms with van der Waals surface area (Å²) in [4.78, 5) is 15.2. The van der Waals surface area contributed by atoms with Gasteiger partial charge in [0.05, 0.1) is 0 Å². The lowest BCUT2D eigenvalue weighted by Gasteiger charge is -2.13. The van der Waals surface area contributed by atoms with Crippen LogP contribution in [0.3, 0.4) is 0 Å². The van der Waals surface area contributed by atoms with Crippen LogP contribution in [0.1, 0.15) is 51.8 Å². The van der Waals surface area contributed by atoms with Gasteiger partial charge in [0, 0.05) is 19.2 Å². The first-order valence-electron chi connectivity index (χ1n) is 6.97. The lowest BCUT2D eigenvalue weighted by Crippen LogP contribution is -2.40. The minimum atomic E-state index is -3.93. The van der Waals surface area contributed by atoms with Gasteiger partial charge in [-0.3, -0.25) is 4.79 Å². The van der Waals surface area contributed by atoms with E-state index in [1.165, 1.54) is 6.20 Å². The molecule has 21 heavy (non-hydrogen) atoms. The van der Waals surface area contributed by atoms with Gasteiger partial charge in [-0.25, -0.2) is 13.4 Å². The lowest BCUT2D eigenvalue weighted by atomic mass is 10.1. The molecule has 0 saturated carbocycles. The van der Waals surface area contributed by atoms with E-state index in [1.54, 1.807) is 11.6 Å². The quantitative estimate of drug-likeness (QED) is 0.756. The highest BCUT2D eigenvalue weighted by Gasteiger charge is 2.27. The first-order valence-corrected chi connectivity index (χ1v) is 8.45. The van der Waals surface area contributed by atoms with Gasteiger partial charge in [-0.15, -0.1) is 0 Å². The van der Waals surface area contributed by atoms with Gasteiger partial charge < -0.3 is 9.67 Å². The molecule has 0 unspecified atom stereocenters. The molecule has 0 aromatic carbocycles. The summed E-state index contributed by atoms with van der Waals surface area (Å²) in [6, 6.07) is -1.13. The number of aryl methyl sites for hydroxylation is 1. The number of aliphatic carboxylic acids is 1. The van der Waals surface area contributed by atoms with Crippen molar-refractivity contribution in [1.82, 2.24) is 14.3 Å². The number of hydrogen-bond donors (Lipinski definition) is 2. The second-order valence-electron chi connectivity index (χ2n) is 5.36. The van der Waals surface area contributed by atoms with Gasteiger partial charge >= 0.3 is 5.97 Å². The molecule has 1 heterocycles. The van der Waals surface area contributed by atoms with Crippen molar-refractivity contribution < 1.29 is 18.3 Å². The summed E-state index contributed by atoms with van der Waals surface area (Å²) in [5.41, 5.74) is 0. The van der Waals surface area contributed by atoms with Gasteiger partial charge in [-0.1, -0.05) is 33.6 Å². The van der Waals surface area contributed by atoms with E-state index in [0.717, 1.165) is 6.42 Å². The number of rotatable bonds is 8. The van der Waals surface area contributed by atoms with Crippen molar-refractivity contribution in [3.05, 3.63) is 12.0 Å². The maximum Gasteiger partial charge on any atom is 0.321 e. The summed E-state index contributed by atoms with van der Waals surface area (Å²) < 4.78 is 28.4. The van der Waals surface area contributed by atoms with Gasteiger partial charge in [0.25, 0.3) is 10.0 Å². The summed E-state index contributed by atoms with van der Waals surface area (Å²) in [7, 11) is -2.22. The molecule has 2 N–H and O–H groups in total. The largest absolute Gasteiger partial charge is 0.480 e. The maximum atomic E-state index is 12.2. The van der Waals surface area contributed by atoms with Crippen LogP contribution in [0.5, 0.6) is 0 Å². The number of sulfonamides is 1. The van der Waals surface area contributed by atoms with Crippen LogP contribution in [0.15, 0.2) is 11.2 Å². The molecule has 1 aromatic heterocycles. The average Bonchev–Trinajstić information content (AvgIpc) is 2.77. The van der Waals surface area contributed by atoms with E-state index in [9.17, 15) is 13.2 Å². The molecule has 0 aliphatic heterocycles. The van der Waals surface area contributed by atoms with Crippen molar-refractivity contribution in [2.75, 3.05) is 0 Å². The number of imidazole rings is 1. The smallest absolute Gasteiger partial charge is 0.321 e. The predicted octanol–water partition coefficient (Wildman–Crippen LogP) is 1.47. The van der Waals surface area contributed by atoms with E-state index in [2.05, 4.69) is 9.71 Å². The van der Waals surface area contributed by atoms with Crippen LogP contribution in [-0.2, 0) is 21.9 Å². The second kappa shape index (κ2) is 7.04. The van der Waals surface area contributed by atoms with Crippen LogP contribution in [-0.4, -0.2) is 35.1 Å². The average molecular weight is 317 g/mol. The highest BCUT2D eigenvalue weighted by atomic mass is 32.2. The zero-order valence-corrected chi connectivity index (χ0v) is 13.6. The van der Waals surface area contributed by atoms with Crippen molar-refractivity contribution in [2.45, 2.75) is 57.0 Å². The Hall–Kier alpha value is -1.41. The highest BCUT2D eigenvalue weighted by molar-refractivity contribution is 7.89. The van der Waals surface area contributed by atoms with E-state index >= 15 is 0 Å². The van der Waals surface area contributed by atoms with Gasteiger partial charge in [0.2, 0.25) is 0 Å². The van der Waals surface area contributed by atoms with Crippen LogP contribution in [0.2, 0.25) is 0 Å². The van der Waals surface area contributed by atoms with Crippen LogP contribution < -0.4 is 4.72 Å². The van der Waals surface area contributed by atoms with Crippen LogP contribution >= 0.6 is 0 Å². The van der Waals surface area contributed by atoms with E-state index < -0.39 is 22.0 Å². The first-order chi connectivity index (χ1) is 9.69. The molecule has 120 valence electrons. The van der Waals surface area contributed by atoms with Crippen LogP contribution in [0.25, 0.3) is 0 Å². The molecule has 7 nitrogen and oxygen atoms in total. The van der Waals surface area contributed by atoms with Gasteiger partial charge in [-0.2, -0.15) is 4.72 Å². The zero-order chi connectivity index (χ0) is 16.2. The Morgan fingerprint density at radius 3 is 2.52 bits per heavy atom. The van der Waals surface area contributed by atoms with Gasteiger partial charge in [-0.05, 0) is 6.42 Å². The Bertz CT molecular complexity index is 593. The highest BCUT2D eigenvalue weighted by Crippen LogP contribution is 2.16. The van der Waals surface area contributed by atoms with Crippen LogP contribution in [0.4, 0.5) is 0 Å². The topological polar surface area (TPSA) is 101 Å². The fourth-order valence-corrected chi connectivity index (χ4v) is 3.23. The zero-order valence-electron chi connectivity index (χ0n) is 12.8. The monoisotopic (exact) mass is 317 g/mol. The van der Waals surface area contributed by atoms with E-state index in [4.69, 9.17) is 5.11 Å². The molecular weight excluding hydrogens is 294 g/mol. The third-order valence-corrected chi connectivity index (χ3v) is 4.47. The molecule has 8 heteroatoms. The number of carboxylic acid groups (broad SMARTS) is 1. The number of hydrogen-bond acceptors (Lipinski definition) is 4. The van der Waals surface area contributed by atoms with Crippen molar-refractivity contribution in [3.8, 4) is 0 Å². The Labute approximate surface area is 125 Å². The van der Waals surface area contributed by atoms with Crippen LogP contribution in [0, 0.1) is 0 Å². The van der Waals surface area contributed by atoms with E-state index in [0.29, 0.717) is 12.2 Å². The molecule has 0 spiro atoms. The Kier molecular flexibility index (Phi) is 5.91. The molecule has 1 rings (SSSR count). The van der Waals surface area contributed by atoms with Crippen molar-refractivity contribution in [2.24, 2.45) is 7.05 Å².